The Bertz CT molecular complexity index is 291. The normalized spacial score (nSPS) is 16.5. The second kappa shape index (κ2) is 3.68. The second-order valence-corrected chi connectivity index (χ2v) is 3.93. The van der Waals surface area contributed by atoms with Gasteiger partial charge in [0.1, 0.15) is 0 Å². The Hall–Kier alpha value is -0.540. The van der Waals surface area contributed by atoms with Gasteiger partial charge < -0.3 is 5.73 Å². The van der Waals surface area contributed by atoms with Gasteiger partial charge in [-0.1, -0.05) is 11.6 Å². The third-order valence-corrected chi connectivity index (χ3v) is 2.78. The number of hydrogen-bond acceptors (Lipinski definition) is 2. The summed E-state index contributed by atoms with van der Waals surface area (Å²) in [7, 11) is 0. The van der Waals surface area contributed by atoms with E-state index in [2.05, 4.69) is 10.2 Å². The first-order valence-electron chi connectivity index (χ1n) is 4.75. The summed E-state index contributed by atoms with van der Waals surface area (Å²) in [6.45, 7) is 0.714. The Morgan fingerprint density at radius 2 is 2.31 bits per heavy atom. The number of halogens is 1. The van der Waals surface area contributed by atoms with Crippen molar-refractivity contribution in [3.05, 3.63) is 16.4 Å². The van der Waals surface area contributed by atoms with Gasteiger partial charge in [-0.2, -0.15) is 5.10 Å². The van der Waals surface area contributed by atoms with E-state index in [9.17, 15) is 0 Å². The molecule has 0 aliphatic heterocycles. The van der Waals surface area contributed by atoms with E-state index in [1.165, 1.54) is 24.1 Å². The fourth-order valence-corrected chi connectivity index (χ4v) is 1.82. The van der Waals surface area contributed by atoms with Crippen LogP contribution in [0, 0.1) is 0 Å². The minimum atomic E-state index is 0.635. The Morgan fingerprint density at radius 1 is 1.54 bits per heavy atom. The molecule has 1 heterocycles. The lowest BCUT2D eigenvalue weighted by molar-refractivity contribution is 0.819. The van der Waals surface area contributed by atoms with E-state index in [-0.39, 0.29) is 0 Å². The molecule has 0 atom stereocenters. The number of hydrogen-bond donors (Lipinski definition) is 2. The zero-order valence-corrected chi connectivity index (χ0v) is 8.27. The molecule has 13 heavy (non-hydrogen) atoms. The number of nitrogens with zero attached hydrogens (tertiary/aromatic N) is 1. The van der Waals surface area contributed by atoms with Gasteiger partial charge >= 0.3 is 0 Å². The van der Waals surface area contributed by atoms with Crippen molar-refractivity contribution in [2.75, 3.05) is 6.54 Å². The summed E-state index contributed by atoms with van der Waals surface area (Å²) >= 11 is 5.97. The molecule has 0 radical (unpaired) electrons. The van der Waals surface area contributed by atoms with Crippen molar-refractivity contribution in [1.82, 2.24) is 10.2 Å². The molecular weight excluding hydrogens is 186 g/mol. The third kappa shape index (κ3) is 1.86. The van der Waals surface area contributed by atoms with E-state index in [0.717, 1.165) is 12.8 Å². The van der Waals surface area contributed by atoms with Crippen LogP contribution in [-0.2, 0) is 6.42 Å². The summed E-state index contributed by atoms with van der Waals surface area (Å²) < 4.78 is 0. The molecule has 1 aromatic heterocycles. The molecule has 0 aromatic carbocycles. The quantitative estimate of drug-likeness (QED) is 0.778. The fraction of sp³-hybridized carbons (Fsp3) is 0.667. The van der Waals surface area contributed by atoms with Crippen LogP contribution in [-0.4, -0.2) is 16.7 Å². The number of H-pyrrole nitrogens is 1. The smallest absolute Gasteiger partial charge is 0.154 e. The molecule has 0 unspecified atom stereocenters. The highest BCUT2D eigenvalue weighted by Gasteiger charge is 2.28. The maximum absolute atomic E-state index is 5.97. The average molecular weight is 200 g/mol. The van der Waals surface area contributed by atoms with E-state index >= 15 is 0 Å². The van der Waals surface area contributed by atoms with E-state index in [1.54, 1.807) is 0 Å². The first kappa shape index (κ1) is 9.03. The molecule has 1 aliphatic rings. The first-order valence-corrected chi connectivity index (χ1v) is 5.13. The number of nitrogens with two attached hydrogens (primary N) is 1. The van der Waals surface area contributed by atoms with Gasteiger partial charge in [0.05, 0.1) is 0 Å². The van der Waals surface area contributed by atoms with Crippen LogP contribution in [0.15, 0.2) is 0 Å². The lowest BCUT2D eigenvalue weighted by atomic mass is 10.1. The van der Waals surface area contributed by atoms with Crippen LogP contribution < -0.4 is 5.73 Å². The molecule has 0 bridgehead atoms. The molecule has 2 rings (SSSR count). The summed E-state index contributed by atoms with van der Waals surface area (Å²) in [4.78, 5) is 0. The molecular formula is C9H14ClN3. The molecule has 3 nitrogen and oxygen atoms in total. The monoisotopic (exact) mass is 199 g/mol. The summed E-state index contributed by atoms with van der Waals surface area (Å²) in [5.41, 5.74) is 7.90. The van der Waals surface area contributed by atoms with E-state index in [1.807, 2.05) is 0 Å². The molecule has 4 heteroatoms. The van der Waals surface area contributed by atoms with Crippen LogP contribution in [0.2, 0.25) is 5.15 Å². The van der Waals surface area contributed by atoms with Gasteiger partial charge in [0, 0.05) is 17.2 Å². The van der Waals surface area contributed by atoms with Gasteiger partial charge in [0.25, 0.3) is 0 Å². The summed E-state index contributed by atoms with van der Waals surface area (Å²) in [6, 6.07) is 0. The third-order valence-electron chi connectivity index (χ3n) is 2.47. The highest BCUT2D eigenvalue weighted by atomic mass is 35.5. The Balaban J connectivity index is 2.14. The largest absolute Gasteiger partial charge is 0.330 e. The fourth-order valence-electron chi connectivity index (χ4n) is 1.58. The summed E-state index contributed by atoms with van der Waals surface area (Å²) in [5.74, 6) is 0.688. The van der Waals surface area contributed by atoms with Crippen molar-refractivity contribution in [2.24, 2.45) is 5.73 Å². The summed E-state index contributed by atoms with van der Waals surface area (Å²) in [6.07, 6.45) is 4.49. The number of rotatable bonds is 4. The molecule has 0 spiro atoms. The van der Waals surface area contributed by atoms with Gasteiger partial charge in [0.2, 0.25) is 0 Å². The van der Waals surface area contributed by atoms with E-state index in [4.69, 9.17) is 17.3 Å². The highest BCUT2D eigenvalue weighted by molar-refractivity contribution is 6.30. The van der Waals surface area contributed by atoms with Crippen molar-refractivity contribution in [1.29, 1.82) is 0 Å². The predicted molar refractivity (Wildman–Crippen MR) is 52.9 cm³/mol. The standard InChI is InChI=1S/C9H14ClN3/c10-9-7(2-1-5-11)8(12-13-9)6-3-4-6/h6H,1-5,11H2,(H,12,13). The average Bonchev–Trinajstić information content (AvgIpc) is 2.89. The van der Waals surface area contributed by atoms with Gasteiger partial charge in [-0.25, -0.2) is 0 Å². The second-order valence-electron chi connectivity index (χ2n) is 3.57. The Morgan fingerprint density at radius 3 is 2.92 bits per heavy atom. The minimum Gasteiger partial charge on any atom is -0.330 e. The van der Waals surface area contributed by atoms with Gasteiger partial charge in [-0.3, -0.25) is 5.10 Å². The molecule has 0 amide bonds. The van der Waals surface area contributed by atoms with Crippen LogP contribution in [0.5, 0.6) is 0 Å². The van der Waals surface area contributed by atoms with Crippen molar-refractivity contribution < 1.29 is 0 Å². The van der Waals surface area contributed by atoms with Gasteiger partial charge in [-0.15, -0.1) is 0 Å². The van der Waals surface area contributed by atoms with Crippen molar-refractivity contribution in [2.45, 2.75) is 31.6 Å². The van der Waals surface area contributed by atoms with Gasteiger partial charge in [0.15, 0.2) is 5.15 Å². The van der Waals surface area contributed by atoms with E-state index < -0.39 is 0 Å². The van der Waals surface area contributed by atoms with Gasteiger partial charge in [-0.05, 0) is 32.2 Å². The van der Waals surface area contributed by atoms with Crippen LogP contribution in [0.4, 0.5) is 0 Å². The SMILES string of the molecule is NCCCc1c(Cl)n[nH]c1C1CC1. The van der Waals surface area contributed by atoms with Crippen LogP contribution >= 0.6 is 11.6 Å². The maximum Gasteiger partial charge on any atom is 0.154 e. The molecule has 1 aliphatic carbocycles. The molecule has 72 valence electrons. The zero-order chi connectivity index (χ0) is 9.26. The lowest BCUT2D eigenvalue weighted by Gasteiger charge is -2.00. The van der Waals surface area contributed by atoms with Crippen molar-refractivity contribution >= 4 is 11.6 Å². The van der Waals surface area contributed by atoms with Crippen molar-refractivity contribution in [3.8, 4) is 0 Å². The highest BCUT2D eigenvalue weighted by Crippen LogP contribution is 2.42. The van der Waals surface area contributed by atoms with E-state index in [0.29, 0.717) is 17.6 Å². The first-order chi connectivity index (χ1) is 6.33. The van der Waals surface area contributed by atoms with Crippen LogP contribution in [0.1, 0.15) is 36.4 Å². The predicted octanol–water partition coefficient (Wildman–Crippen LogP) is 1.83. The van der Waals surface area contributed by atoms with Crippen molar-refractivity contribution in [3.63, 3.8) is 0 Å². The Labute approximate surface area is 82.7 Å². The van der Waals surface area contributed by atoms with Crippen LogP contribution in [0.25, 0.3) is 0 Å². The molecule has 1 saturated carbocycles. The number of aromatic nitrogens is 2. The topological polar surface area (TPSA) is 54.7 Å². The maximum atomic E-state index is 5.97. The number of nitrogens with one attached hydrogen (secondary N) is 1. The zero-order valence-electron chi connectivity index (χ0n) is 7.52. The number of aromatic amines is 1. The Kier molecular flexibility index (Phi) is 2.56. The van der Waals surface area contributed by atoms with Crippen LogP contribution in [0.3, 0.4) is 0 Å². The molecule has 0 saturated heterocycles. The molecule has 3 N–H and O–H groups in total. The lowest BCUT2D eigenvalue weighted by Crippen LogP contribution is -2.01. The molecule has 1 aromatic rings. The molecule has 1 fully saturated rings. The summed E-state index contributed by atoms with van der Waals surface area (Å²) in [5, 5.41) is 7.69. The minimum absolute atomic E-state index is 0.635.